The van der Waals surface area contributed by atoms with E-state index >= 15 is 0 Å². The number of furan rings is 1. The molecule has 5 rings (SSSR count). The Labute approximate surface area is 137 Å². The van der Waals surface area contributed by atoms with Gasteiger partial charge in [0.1, 0.15) is 10.7 Å². The third-order valence-corrected chi connectivity index (χ3v) is 5.84. The second-order valence-electron chi connectivity index (χ2n) is 6.22. The van der Waals surface area contributed by atoms with E-state index < -0.39 is 0 Å². The zero-order valence-corrected chi connectivity index (χ0v) is 13.9. The zero-order valence-electron chi connectivity index (χ0n) is 13.0. The van der Waals surface area contributed by atoms with E-state index in [1.165, 1.54) is 28.7 Å². The number of hydrogen-bond acceptors (Lipinski definition) is 5. The first-order valence-electron chi connectivity index (χ1n) is 7.95. The summed E-state index contributed by atoms with van der Waals surface area (Å²) in [6.45, 7) is 4.29. The van der Waals surface area contributed by atoms with Gasteiger partial charge in [-0.15, -0.1) is 16.4 Å². The molecule has 0 unspecified atom stereocenters. The number of aromatic nitrogens is 4. The van der Waals surface area contributed by atoms with Gasteiger partial charge in [-0.25, -0.2) is 9.97 Å². The summed E-state index contributed by atoms with van der Waals surface area (Å²) in [6.07, 6.45) is 5.31. The molecule has 0 amide bonds. The third-order valence-electron chi connectivity index (χ3n) is 4.68. The van der Waals surface area contributed by atoms with Crippen molar-refractivity contribution < 1.29 is 4.42 Å². The lowest BCUT2D eigenvalue weighted by atomic mass is 9.87. The maximum Gasteiger partial charge on any atom is 0.217 e. The number of aryl methyl sites for hydroxylation is 2. The van der Waals surface area contributed by atoms with Crippen LogP contribution in [0.5, 0.6) is 0 Å². The molecule has 5 nitrogen and oxygen atoms in total. The van der Waals surface area contributed by atoms with E-state index in [1.807, 2.05) is 34.9 Å². The Morgan fingerprint density at radius 3 is 3.09 bits per heavy atom. The molecule has 4 aromatic heterocycles. The van der Waals surface area contributed by atoms with Crippen molar-refractivity contribution in [2.24, 2.45) is 0 Å². The van der Waals surface area contributed by atoms with Gasteiger partial charge in [-0.3, -0.25) is 0 Å². The van der Waals surface area contributed by atoms with Crippen LogP contribution in [0.1, 0.15) is 41.9 Å². The number of hydrogen-bond donors (Lipinski definition) is 0. The average molecular weight is 324 g/mol. The Morgan fingerprint density at radius 2 is 2.26 bits per heavy atom. The average Bonchev–Trinajstić information content (AvgIpc) is 3.24. The molecule has 0 saturated heterocycles. The van der Waals surface area contributed by atoms with Crippen LogP contribution >= 0.6 is 11.3 Å². The second kappa shape index (κ2) is 4.64. The number of thiophene rings is 1. The number of fused-ring (bicyclic) bond motifs is 5. The molecule has 0 aliphatic heterocycles. The lowest BCUT2D eigenvalue weighted by Crippen LogP contribution is -2.05. The maximum atomic E-state index is 5.46. The molecule has 0 saturated carbocycles. The van der Waals surface area contributed by atoms with E-state index in [1.54, 1.807) is 6.26 Å². The Morgan fingerprint density at radius 1 is 1.35 bits per heavy atom. The summed E-state index contributed by atoms with van der Waals surface area (Å²) in [5.74, 6) is 2.74. The van der Waals surface area contributed by atoms with Crippen molar-refractivity contribution in [3.63, 3.8) is 0 Å². The minimum atomic E-state index is 0.560. The van der Waals surface area contributed by atoms with Crippen molar-refractivity contribution in [3.05, 3.63) is 34.7 Å². The fraction of sp³-hybridized carbons (Fsp3) is 0.353. The van der Waals surface area contributed by atoms with Crippen LogP contribution in [0.15, 0.2) is 22.8 Å². The standard InChI is InChI=1S/C17H16N4OS/c1-9-5-3-7-12-13(9)14-16-19-15(11-6-4-8-22-11)20-21(16)10(2)18-17(14)23-12/h4,6,8-9H,3,5,7H2,1-2H3/t9-/m1/s1. The lowest BCUT2D eigenvalue weighted by molar-refractivity contribution is 0.577. The molecule has 23 heavy (non-hydrogen) atoms. The highest BCUT2D eigenvalue weighted by molar-refractivity contribution is 7.19. The van der Waals surface area contributed by atoms with Crippen LogP contribution < -0.4 is 0 Å². The summed E-state index contributed by atoms with van der Waals surface area (Å²) in [6, 6.07) is 3.75. The van der Waals surface area contributed by atoms with E-state index in [0.717, 1.165) is 22.7 Å². The molecule has 4 heterocycles. The highest BCUT2D eigenvalue weighted by Gasteiger charge is 2.26. The van der Waals surface area contributed by atoms with E-state index in [2.05, 4.69) is 12.0 Å². The predicted octanol–water partition coefficient (Wildman–Crippen LogP) is 4.35. The van der Waals surface area contributed by atoms with Gasteiger partial charge in [0.05, 0.1) is 11.6 Å². The van der Waals surface area contributed by atoms with Gasteiger partial charge < -0.3 is 4.42 Å². The van der Waals surface area contributed by atoms with E-state index in [4.69, 9.17) is 14.4 Å². The summed E-state index contributed by atoms with van der Waals surface area (Å²) >= 11 is 1.82. The third kappa shape index (κ3) is 1.81. The lowest BCUT2D eigenvalue weighted by Gasteiger charge is -2.18. The van der Waals surface area contributed by atoms with E-state index in [-0.39, 0.29) is 0 Å². The van der Waals surface area contributed by atoms with Crippen molar-refractivity contribution in [3.8, 4) is 11.6 Å². The predicted molar refractivity (Wildman–Crippen MR) is 90.0 cm³/mol. The topological polar surface area (TPSA) is 56.2 Å². The summed E-state index contributed by atoms with van der Waals surface area (Å²) in [4.78, 5) is 12.1. The highest BCUT2D eigenvalue weighted by atomic mass is 32.1. The summed E-state index contributed by atoms with van der Waals surface area (Å²) < 4.78 is 7.32. The summed E-state index contributed by atoms with van der Waals surface area (Å²) in [7, 11) is 0. The highest BCUT2D eigenvalue weighted by Crippen LogP contribution is 2.43. The molecule has 0 fully saturated rings. The first kappa shape index (κ1) is 13.2. The van der Waals surface area contributed by atoms with Gasteiger partial charge in [-0.1, -0.05) is 6.92 Å². The SMILES string of the molecule is Cc1nc2sc3c(c2c2nc(-c4ccco4)nn12)[C@H](C)CCC3. The van der Waals surface area contributed by atoms with E-state index in [0.29, 0.717) is 17.5 Å². The maximum absolute atomic E-state index is 5.46. The molecular weight excluding hydrogens is 308 g/mol. The molecule has 116 valence electrons. The van der Waals surface area contributed by atoms with Crippen LogP contribution in [0.3, 0.4) is 0 Å². The molecule has 1 atom stereocenters. The van der Waals surface area contributed by atoms with Crippen molar-refractivity contribution in [2.75, 3.05) is 0 Å². The summed E-state index contributed by atoms with van der Waals surface area (Å²) in [5.41, 5.74) is 2.34. The van der Waals surface area contributed by atoms with Crippen molar-refractivity contribution in [1.29, 1.82) is 0 Å². The van der Waals surface area contributed by atoms with Gasteiger partial charge in [-0.2, -0.15) is 4.52 Å². The Bertz CT molecular complexity index is 1030. The Kier molecular flexibility index (Phi) is 2.68. The summed E-state index contributed by atoms with van der Waals surface area (Å²) in [5, 5.41) is 5.80. The molecule has 0 N–H and O–H groups in total. The Hall–Kier alpha value is -2.21. The van der Waals surface area contributed by atoms with Gasteiger partial charge in [0.2, 0.25) is 5.82 Å². The smallest absolute Gasteiger partial charge is 0.217 e. The largest absolute Gasteiger partial charge is 0.461 e. The number of nitrogens with zero attached hydrogens (tertiary/aromatic N) is 4. The van der Waals surface area contributed by atoms with Gasteiger partial charge in [0.15, 0.2) is 11.4 Å². The Balaban J connectivity index is 1.89. The monoisotopic (exact) mass is 324 g/mol. The molecule has 0 bridgehead atoms. The first-order chi connectivity index (χ1) is 11.2. The zero-order chi connectivity index (χ0) is 15.6. The molecule has 0 spiro atoms. The van der Waals surface area contributed by atoms with Crippen LogP contribution in [-0.4, -0.2) is 19.6 Å². The van der Waals surface area contributed by atoms with Gasteiger partial charge in [0.25, 0.3) is 0 Å². The van der Waals surface area contributed by atoms with Crippen molar-refractivity contribution in [2.45, 2.75) is 39.0 Å². The quantitative estimate of drug-likeness (QED) is 0.522. The number of rotatable bonds is 1. The molecule has 4 aromatic rings. The minimum Gasteiger partial charge on any atom is -0.461 e. The normalized spacial score (nSPS) is 17.9. The van der Waals surface area contributed by atoms with Gasteiger partial charge >= 0.3 is 0 Å². The molecule has 0 aromatic carbocycles. The van der Waals surface area contributed by atoms with Crippen LogP contribution in [0.2, 0.25) is 0 Å². The second-order valence-corrected chi connectivity index (χ2v) is 7.30. The van der Waals surface area contributed by atoms with E-state index in [9.17, 15) is 0 Å². The first-order valence-corrected chi connectivity index (χ1v) is 8.76. The van der Waals surface area contributed by atoms with Crippen molar-refractivity contribution in [1.82, 2.24) is 19.6 Å². The molecule has 6 heteroatoms. The van der Waals surface area contributed by atoms with Crippen LogP contribution in [0.25, 0.3) is 27.4 Å². The van der Waals surface area contributed by atoms with Crippen LogP contribution in [-0.2, 0) is 6.42 Å². The molecule has 0 radical (unpaired) electrons. The van der Waals surface area contributed by atoms with Gasteiger partial charge in [0, 0.05) is 4.88 Å². The molecular formula is C17H16N4OS. The molecule has 1 aliphatic carbocycles. The fourth-order valence-electron chi connectivity index (χ4n) is 3.60. The van der Waals surface area contributed by atoms with Crippen LogP contribution in [0.4, 0.5) is 0 Å². The molecule has 1 aliphatic rings. The van der Waals surface area contributed by atoms with Gasteiger partial charge in [-0.05, 0) is 49.8 Å². The minimum absolute atomic E-state index is 0.560. The van der Waals surface area contributed by atoms with Crippen molar-refractivity contribution >= 4 is 27.2 Å². The van der Waals surface area contributed by atoms with Crippen LogP contribution in [0, 0.1) is 6.92 Å². The fourth-order valence-corrected chi connectivity index (χ4v) is 4.97.